The third kappa shape index (κ3) is 6.82. The van der Waals surface area contributed by atoms with Crippen molar-refractivity contribution >= 4 is 75.4 Å². The average molecular weight is 690 g/mol. The Labute approximate surface area is 271 Å². The third-order valence-corrected chi connectivity index (χ3v) is 9.09. The van der Waals surface area contributed by atoms with Gasteiger partial charge in [-0.25, -0.2) is 9.78 Å². The van der Waals surface area contributed by atoms with Gasteiger partial charge in [0, 0.05) is 36.3 Å². The summed E-state index contributed by atoms with van der Waals surface area (Å²) in [5, 5.41) is 25.4. The molecule has 1 fully saturated rings. The van der Waals surface area contributed by atoms with E-state index in [1.807, 2.05) is 0 Å². The Balaban J connectivity index is 1.28. The molecule has 2 aliphatic heterocycles. The summed E-state index contributed by atoms with van der Waals surface area (Å²) in [6.45, 7) is 2.39. The number of carbonyl (C=O) groups is 5. The van der Waals surface area contributed by atoms with Crippen LogP contribution in [0.1, 0.15) is 19.5 Å². The van der Waals surface area contributed by atoms with E-state index in [1.54, 1.807) is 0 Å². The Bertz CT molecular complexity index is 1800. The lowest BCUT2D eigenvalue weighted by Gasteiger charge is -2.49. The molecular weight excluding hydrogens is 667 g/mol. The number of hydrogen-bond acceptors (Lipinski definition) is 17. The summed E-state index contributed by atoms with van der Waals surface area (Å²) in [4.78, 5) is 71.2. The van der Waals surface area contributed by atoms with Gasteiger partial charge in [0.25, 0.3) is 17.0 Å². The first-order chi connectivity index (χ1) is 22.0. The van der Waals surface area contributed by atoms with E-state index in [2.05, 4.69) is 25.7 Å². The smallest absolute Gasteiger partial charge is 0.352 e. The average Bonchev–Trinajstić information content (AvgIpc) is 3.66. The topological polar surface area (TPSA) is 239 Å². The number of nitrogens with two attached hydrogens (primary N) is 1. The number of nitrogens with zero attached hydrogens (tertiary/aromatic N) is 5. The molecule has 4 N–H and O–H groups in total. The lowest BCUT2D eigenvalue weighted by molar-refractivity contribution is -0.150. The molecule has 0 bridgehead atoms. The first-order valence-electron chi connectivity index (χ1n) is 13.0. The van der Waals surface area contributed by atoms with Crippen LogP contribution in [0, 0.1) is 0 Å². The maximum absolute atomic E-state index is 13.1. The number of aliphatic carboxylic acids is 1. The SMILES string of the molecule is CON=C(C(=O)N[C@@H]1C(=O)N2C(C(=O)O)=C(CSc3nnc(-c4ccc(OC(C)=O)c(OC(C)=O)c4)o3)CS[C@H]12)c1csc(N)n1. The number of nitrogens with one attached hydrogen (secondary N) is 1. The summed E-state index contributed by atoms with van der Waals surface area (Å²) in [7, 11) is 1.25. The second-order valence-corrected chi connectivity index (χ2v) is 12.2. The van der Waals surface area contributed by atoms with Crippen molar-refractivity contribution in [2.45, 2.75) is 30.5 Å². The fraction of sp³-hybridized carbons (Fsp3) is 0.269. The number of benzene rings is 1. The van der Waals surface area contributed by atoms with E-state index in [9.17, 15) is 29.1 Å². The van der Waals surface area contributed by atoms with Gasteiger partial charge in [0.2, 0.25) is 5.89 Å². The molecule has 1 aromatic carbocycles. The van der Waals surface area contributed by atoms with Crippen molar-refractivity contribution in [2.24, 2.45) is 5.16 Å². The van der Waals surface area contributed by atoms with Gasteiger partial charge in [-0.15, -0.1) is 33.3 Å². The number of carboxylic acid groups (broad SMARTS) is 1. The van der Waals surface area contributed by atoms with E-state index >= 15 is 0 Å². The highest BCUT2D eigenvalue weighted by Gasteiger charge is 2.54. The minimum atomic E-state index is -1.31. The van der Waals surface area contributed by atoms with Crippen molar-refractivity contribution in [1.82, 2.24) is 25.4 Å². The Morgan fingerprint density at radius 1 is 1.20 bits per heavy atom. The number of oxime groups is 1. The first kappa shape index (κ1) is 32.4. The Morgan fingerprint density at radius 3 is 2.59 bits per heavy atom. The fourth-order valence-corrected chi connectivity index (χ4v) is 7.14. The largest absolute Gasteiger partial charge is 0.477 e. The number of thiazole rings is 1. The van der Waals surface area contributed by atoms with E-state index in [1.165, 1.54) is 56.3 Å². The van der Waals surface area contributed by atoms with E-state index in [-0.39, 0.29) is 56.4 Å². The van der Waals surface area contributed by atoms with Crippen molar-refractivity contribution < 1.29 is 47.8 Å². The second-order valence-electron chi connectivity index (χ2n) is 9.32. The molecule has 2 aliphatic rings. The van der Waals surface area contributed by atoms with Crippen molar-refractivity contribution in [3.05, 3.63) is 40.5 Å². The van der Waals surface area contributed by atoms with E-state index in [0.717, 1.165) is 28.0 Å². The maximum atomic E-state index is 13.1. The summed E-state index contributed by atoms with van der Waals surface area (Å²) in [6, 6.07) is 3.32. The molecule has 5 rings (SSSR count). The number of rotatable bonds is 11. The normalized spacial score (nSPS) is 17.6. The number of carbonyl (C=O) groups excluding carboxylic acids is 4. The number of esters is 2. The predicted molar refractivity (Wildman–Crippen MR) is 163 cm³/mol. The Hall–Kier alpha value is -4.95. The minimum Gasteiger partial charge on any atom is -0.477 e. The number of β-lactam (4-membered cyclic amide) rings is 1. The van der Waals surface area contributed by atoms with Crippen LogP contribution in [0.2, 0.25) is 0 Å². The number of carboxylic acids is 1. The molecule has 17 nitrogen and oxygen atoms in total. The molecule has 0 radical (unpaired) electrons. The second kappa shape index (κ2) is 13.6. The number of amides is 2. The van der Waals surface area contributed by atoms with Gasteiger partial charge in [-0.3, -0.25) is 24.1 Å². The van der Waals surface area contributed by atoms with E-state index < -0.39 is 41.1 Å². The predicted octanol–water partition coefficient (Wildman–Crippen LogP) is 1.51. The fourth-order valence-electron chi connectivity index (χ4n) is 4.34. The molecule has 2 atom stereocenters. The lowest BCUT2D eigenvalue weighted by atomic mass is 10.0. The van der Waals surface area contributed by atoms with Gasteiger partial charge in [-0.05, 0) is 23.8 Å². The van der Waals surface area contributed by atoms with Crippen LogP contribution in [-0.4, -0.2) is 90.7 Å². The van der Waals surface area contributed by atoms with Crippen LogP contribution >= 0.6 is 34.9 Å². The highest BCUT2D eigenvalue weighted by atomic mass is 32.2. The molecular formula is C26H23N7O10S3. The lowest BCUT2D eigenvalue weighted by Crippen LogP contribution is -2.71. The highest BCUT2D eigenvalue weighted by molar-refractivity contribution is 8.01. The zero-order valence-electron chi connectivity index (χ0n) is 24.0. The molecule has 20 heteroatoms. The summed E-state index contributed by atoms with van der Waals surface area (Å²) in [5.74, 6) is -3.50. The van der Waals surface area contributed by atoms with Gasteiger partial charge in [0.1, 0.15) is 29.9 Å². The van der Waals surface area contributed by atoms with E-state index in [4.69, 9.17) is 24.5 Å². The van der Waals surface area contributed by atoms with Crippen LogP contribution in [0.3, 0.4) is 0 Å². The number of anilines is 1. The summed E-state index contributed by atoms with van der Waals surface area (Å²) in [6.07, 6.45) is 0. The maximum Gasteiger partial charge on any atom is 0.352 e. The number of nitrogen functional groups attached to an aromatic ring is 1. The van der Waals surface area contributed by atoms with Gasteiger partial charge in [0.15, 0.2) is 22.3 Å². The molecule has 0 saturated carbocycles. The molecule has 0 aliphatic carbocycles. The van der Waals surface area contributed by atoms with Crippen LogP contribution < -0.4 is 20.5 Å². The zero-order chi connectivity index (χ0) is 33.1. The van der Waals surface area contributed by atoms with Gasteiger partial charge < -0.3 is 34.9 Å². The Kier molecular flexibility index (Phi) is 9.58. The van der Waals surface area contributed by atoms with Crippen LogP contribution in [0.25, 0.3) is 11.5 Å². The van der Waals surface area contributed by atoms with E-state index in [0.29, 0.717) is 11.1 Å². The molecule has 240 valence electrons. The minimum absolute atomic E-state index is 0.0253. The van der Waals surface area contributed by atoms with Crippen LogP contribution in [0.5, 0.6) is 11.5 Å². The molecule has 2 aromatic heterocycles. The monoisotopic (exact) mass is 689 g/mol. The Morgan fingerprint density at radius 2 is 1.93 bits per heavy atom. The van der Waals surface area contributed by atoms with Crippen molar-refractivity contribution in [2.75, 3.05) is 24.3 Å². The molecule has 3 aromatic rings. The van der Waals surface area contributed by atoms with Crippen molar-refractivity contribution in [1.29, 1.82) is 0 Å². The number of fused-ring (bicyclic) bond motifs is 1. The van der Waals surface area contributed by atoms with Crippen molar-refractivity contribution in [3.8, 4) is 23.0 Å². The number of hydrogen-bond donors (Lipinski definition) is 3. The molecule has 2 amide bonds. The van der Waals surface area contributed by atoms with Gasteiger partial charge >= 0.3 is 17.9 Å². The highest BCUT2D eigenvalue weighted by Crippen LogP contribution is 2.42. The zero-order valence-corrected chi connectivity index (χ0v) is 26.5. The molecule has 46 heavy (non-hydrogen) atoms. The number of ether oxygens (including phenoxy) is 2. The molecule has 0 spiro atoms. The van der Waals surface area contributed by atoms with Gasteiger partial charge in [-0.2, -0.15) is 0 Å². The standard InChI is InChI=1S/C26H23N7O10S3/c1-10(34)41-15-5-4-12(6-16(15)42-11(2)35)21-30-31-26(43-21)46-8-13-7-44-23-18(22(37)33(23)19(13)24(38)39)29-20(36)17(32-40-3)14-9-45-25(27)28-14/h4-6,9,18,23H,7-8H2,1-3H3,(H2,27,28)(H,29,36)(H,38,39)/t18-,23-/m1/s1. The summed E-state index contributed by atoms with van der Waals surface area (Å²) >= 11 is 3.43. The summed E-state index contributed by atoms with van der Waals surface area (Å²) < 4.78 is 15.9. The number of thioether (sulfide) groups is 2. The first-order valence-corrected chi connectivity index (χ1v) is 15.9. The summed E-state index contributed by atoms with van der Waals surface area (Å²) in [5.41, 5.74) is 6.24. The molecule has 0 unspecified atom stereocenters. The van der Waals surface area contributed by atoms with Gasteiger partial charge in [-0.1, -0.05) is 16.9 Å². The van der Waals surface area contributed by atoms with Gasteiger partial charge in [0.05, 0.1) is 0 Å². The third-order valence-electron chi connectivity index (χ3n) is 6.17. The molecule has 4 heterocycles. The van der Waals surface area contributed by atoms with Crippen LogP contribution in [0.15, 0.2) is 49.6 Å². The molecule has 1 saturated heterocycles. The number of aromatic nitrogens is 3. The van der Waals surface area contributed by atoms with Crippen molar-refractivity contribution in [3.63, 3.8) is 0 Å². The van der Waals surface area contributed by atoms with Crippen LogP contribution in [0.4, 0.5) is 5.13 Å². The van der Waals surface area contributed by atoms with Crippen LogP contribution in [-0.2, 0) is 28.8 Å². The quantitative estimate of drug-likeness (QED) is 0.0645.